The van der Waals surface area contributed by atoms with E-state index < -0.39 is 12.0 Å². The third-order valence-corrected chi connectivity index (χ3v) is 14.7. The van der Waals surface area contributed by atoms with E-state index in [1.54, 1.807) is 0 Å². The largest absolute Gasteiger partial charge is 0.251 e. The third-order valence-electron chi connectivity index (χ3n) is 3.02. The van der Waals surface area contributed by atoms with E-state index in [1.807, 2.05) is 0 Å². The monoisotopic (exact) mass is 484 g/mol. The Bertz CT molecular complexity index is 197. The molecule has 0 heterocycles. The number of unbranched alkanes of at least 4 members (excludes halogenated alkanes) is 2. The van der Waals surface area contributed by atoms with E-state index >= 15 is 0 Å². The molecule has 0 bridgehead atoms. The maximum Gasteiger partial charge on any atom is 0.251 e. The van der Waals surface area contributed by atoms with Crippen LogP contribution in [0.4, 0.5) is 0 Å². The maximum atomic E-state index is 6.04. The van der Waals surface area contributed by atoms with E-state index in [9.17, 15) is 0 Å². The van der Waals surface area contributed by atoms with E-state index in [2.05, 4.69) is 58.3 Å². The van der Waals surface area contributed by atoms with Crippen LogP contribution in [0.15, 0.2) is 0 Å². The Hall–Kier alpha value is 1.97. The van der Waals surface area contributed by atoms with Gasteiger partial charge in [0.05, 0.1) is 0 Å². The fraction of sp³-hybridized carbons (Fsp3) is 1.00. The molecule has 0 aromatic heterocycles. The van der Waals surface area contributed by atoms with Gasteiger partial charge >= 0.3 is 0 Å². The Labute approximate surface area is 154 Å². The lowest BCUT2D eigenvalue weighted by Gasteiger charge is -2.16. The van der Waals surface area contributed by atoms with Crippen LogP contribution >= 0.6 is 52.7 Å². The van der Waals surface area contributed by atoms with E-state index in [1.165, 1.54) is 37.8 Å². The Morgan fingerprint density at radius 1 is 0.650 bits per heavy atom. The van der Waals surface area contributed by atoms with Gasteiger partial charge in [0.15, 0.2) is 0 Å². The van der Waals surface area contributed by atoms with Gasteiger partial charge in [0, 0.05) is 0 Å². The van der Waals surface area contributed by atoms with Gasteiger partial charge in [-0.1, -0.05) is 66.2 Å². The summed E-state index contributed by atoms with van der Waals surface area (Å²) in [5, 5.41) is -1.12. The van der Waals surface area contributed by atoms with Crippen molar-refractivity contribution in [3.8, 4) is 0 Å². The summed E-state index contributed by atoms with van der Waals surface area (Å²) in [4.78, 5) is 0. The molecule has 0 amide bonds. The molecule has 0 nitrogen and oxygen atoms in total. The summed E-state index contributed by atoms with van der Waals surface area (Å²) in [5.41, 5.74) is 0. The molecule has 20 heavy (non-hydrogen) atoms. The maximum absolute atomic E-state index is 6.04. The lowest BCUT2D eigenvalue weighted by Crippen LogP contribution is -2.16. The van der Waals surface area contributed by atoms with Crippen molar-refractivity contribution < 1.29 is 0 Å². The van der Waals surface area contributed by atoms with Crippen LogP contribution in [-0.4, -0.2) is 12.0 Å². The highest BCUT2D eigenvalue weighted by molar-refractivity contribution is 9.51. The molecular formula is C14H32Br2Cl2Si2. The highest BCUT2D eigenvalue weighted by Crippen LogP contribution is 2.33. The first-order valence-corrected chi connectivity index (χ1v) is 19.4. The van der Waals surface area contributed by atoms with Crippen LogP contribution < -0.4 is 0 Å². The summed E-state index contributed by atoms with van der Waals surface area (Å²) in [6.45, 7) is 7.00. The van der Waals surface area contributed by atoms with Crippen molar-refractivity contribution in [3.05, 3.63) is 0 Å². The third kappa shape index (κ3) is 18.0. The minimum Gasteiger partial charge on any atom is -0.146 e. The highest BCUT2D eigenvalue weighted by Gasteiger charge is 2.25. The number of rotatable bonds is 10. The first kappa shape index (κ1) is 24.2. The minimum atomic E-state index is -1.76. The zero-order chi connectivity index (χ0) is 16.1. The summed E-state index contributed by atoms with van der Waals surface area (Å²) in [6.07, 6.45) is 7.62. The van der Waals surface area contributed by atoms with Gasteiger partial charge in [0.2, 0.25) is 5.31 Å². The molecule has 0 saturated heterocycles. The number of halogens is 4. The number of hydrogen-bond donors (Lipinski definition) is 0. The van der Waals surface area contributed by atoms with Crippen LogP contribution in [0.25, 0.3) is 0 Å². The second-order valence-corrected chi connectivity index (χ2v) is 28.1. The first-order valence-electron chi connectivity index (χ1n) is 8.00. The Kier molecular flexibility index (Phi) is 17.6. The van der Waals surface area contributed by atoms with Gasteiger partial charge < -0.3 is 0 Å². The van der Waals surface area contributed by atoms with Crippen molar-refractivity contribution >= 4 is 64.7 Å². The minimum absolute atomic E-state index is 1.05. The number of hydrogen-bond acceptors (Lipinski definition) is 0. The van der Waals surface area contributed by atoms with Crippen LogP contribution in [0.3, 0.4) is 0 Å². The molecule has 0 fully saturated rings. The summed E-state index contributed by atoms with van der Waals surface area (Å²) in [5.74, 6) is 0. The van der Waals surface area contributed by atoms with Crippen molar-refractivity contribution in [1.29, 1.82) is 0 Å². The zero-order valence-electron chi connectivity index (χ0n) is 13.6. The molecule has 0 N–H and O–H groups in total. The van der Waals surface area contributed by atoms with Gasteiger partial charge in [-0.15, -0.1) is 52.7 Å². The molecule has 0 aromatic rings. The second-order valence-electron chi connectivity index (χ2n) is 5.42. The molecule has 0 aliphatic rings. The summed E-state index contributed by atoms with van der Waals surface area (Å²) in [7, 11) is 0. The van der Waals surface area contributed by atoms with Crippen LogP contribution in [0.1, 0.15) is 66.2 Å². The lowest BCUT2D eigenvalue weighted by molar-refractivity contribution is 0.848. The molecule has 0 radical (unpaired) electrons. The molecule has 0 atom stereocenters. The Morgan fingerprint density at radius 2 is 1.00 bits per heavy atom. The van der Waals surface area contributed by atoms with Gasteiger partial charge in [-0.3, -0.25) is 0 Å². The van der Waals surface area contributed by atoms with E-state index in [-0.39, 0.29) is 0 Å². The zero-order valence-corrected chi connectivity index (χ0v) is 20.3. The van der Waals surface area contributed by atoms with Crippen molar-refractivity contribution in [2.24, 2.45) is 0 Å². The molecule has 0 aliphatic carbocycles. The standard InChI is InChI=1S/C8H18Br2Si.C6H14Cl2Si/c1-3-5-7-11(9,10)8-6-4-2;1-3-5-9(7,8)6-4-2/h3-8H2,1-2H3;3-6H2,1-2H3. The molecule has 0 spiro atoms. The molecule has 0 aliphatic heterocycles. The normalized spacial score (nSPS) is 12.0. The van der Waals surface area contributed by atoms with Crippen molar-refractivity contribution in [3.63, 3.8) is 0 Å². The van der Waals surface area contributed by atoms with Crippen LogP contribution in [0.5, 0.6) is 0 Å². The topological polar surface area (TPSA) is 0 Å². The van der Waals surface area contributed by atoms with E-state index in [0.29, 0.717) is 0 Å². The molecular weight excluding hydrogens is 455 g/mol. The summed E-state index contributed by atoms with van der Waals surface area (Å²) < 4.78 is 0. The van der Waals surface area contributed by atoms with Gasteiger partial charge in [0.1, 0.15) is 0 Å². The van der Waals surface area contributed by atoms with Crippen LogP contribution in [-0.2, 0) is 0 Å². The van der Waals surface area contributed by atoms with Crippen molar-refractivity contribution in [2.45, 2.75) is 90.4 Å². The molecule has 0 rings (SSSR count). The molecule has 0 unspecified atom stereocenters. The van der Waals surface area contributed by atoms with Gasteiger partial charge in [0.25, 0.3) is 6.69 Å². The Balaban J connectivity index is 0. The average molecular weight is 487 g/mol. The Morgan fingerprint density at radius 3 is 1.25 bits per heavy atom. The molecule has 124 valence electrons. The van der Waals surface area contributed by atoms with Gasteiger partial charge in [-0.05, 0) is 24.2 Å². The van der Waals surface area contributed by atoms with Crippen molar-refractivity contribution in [1.82, 2.24) is 0 Å². The molecule has 0 aromatic carbocycles. The summed E-state index contributed by atoms with van der Waals surface area (Å²) in [6, 6.07) is 4.85. The quantitative estimate of drug-likeness (QED) is 0.214. The second kappa shape index (κ2) is 14.6. The van der Waals surface area contributed by atoms with Crippen LogP contribution in [0, 0.1) is 0 Å². The highest BCUT2D eigenvalue weighted by atomic mass is 79.9. The smallest absolute Gasteiger partial charge is 0.146 e. The predicted molar refractivity (Wildman–Crippen MR) is 111 cm³/mol. The lowest BCUT2D eigenvalue weighted by atomic mass is 10.4. The molecule has 0 saturated carbocycles. The van der Waals surface area contributed by atoms with E-state index in [0.717, 1.165) is 24.9 Å². The van der Waals surface area contributed by atoms with Crippen LogP contribution in [0.2, 0.25) is 24.2 Å². The fourth-order valence-electron chi connectivity index (χ4n) is 1.85. The average Bonchev–Trinajstić information content (AvgIpc) is 2.35. The van der Waals surface area contributed by atoms with E-state index in [4.69, 9.17) is 22.2 Å². The van der Waals surface area contributed by atoms with Gasteiger partial charge in [-0.2, -0.15) is 0 Å². The fourth-order valence-corrected chi connectivity index (χ4v) is 11.2. The SMILES string of the molecule is CCCC[Si](Br)(Br)CCCC.CCC[Si](Cl)(Cl)CCC. The van der Waals surface area contributed by atoms with Gasteiger partial charge in [-0.25, -0.2) is 0 Å². The van der Waals surface area contributed by atoms with Crippen molar-refractivity contribution in [2.75, 3.05) is 0 Å². The summed E-state index contributed by atoms with van der Waals surface area (Å²) >= 11 is 19.8. The first-order chi connectivity index (χ1) is 9.24. The predicted octanol–water partition coefficient (Wildman–Crippen LogP) is 8.54. The molecule has 6 heteroatoms.